The fourth-order valence-electron chi connectivity index (χ4n) is 4.47. The highest BCUT2D eigenvalue weighted by molar-refractivity contribution is 8.00. The largest absolute Gasteiger partial charge is 0.741 e. The lowest BCUT2D eigenvalue weighted by Crippen LogP contribution is -2.49. The van der Waals surface area contributed by atoms with Gasteiger partial charge in [-0.2, -0.15) is 13.2 Å². The molecule has 3 rings (SSSR count). The van der Waals surface area contributed by atoms with Gasteiger partial charge in [-0.1, -0.05) is 27.4 Å². The Hall–Kier alpha value is -0.250. The van der Waals surface area contributed by atoms with Crippen LogP contribution in [-0.2, 0) is 25.7 Å². The van der Waals surface area contributed by atoms with Crippen LogP contribution in [0.1, 0.15) is 33.6 Å². The second-order valence-electron chi connectivity index (χ2n) is 7.28. The SMILES string of the molecule is C=C[S+]1CCO[C@@H]2[C@H]1[C@H]1CC[C@]2(C)C1(C)C.O=S(=O)([O-])C(F)(F)F. The maximum atomic E-state index is 10.7. The van der Waals surface area contributed by atoms with E-state index in [9.17, 15) is 13.2 Å². The molecule has 0 N–H and O–H groups in total. The third kappa shape index (κ3) is 3.01. The summed E-state index contributed by atoms with van der Waals surface area (Å²) in [6.07, 6.45) is 3.28. The Morgan fingerprint density at radius 3 is 2.33 bits per heavy atom. The van der Waals surface area contributed by atoms with Gasteiger partial charge in [-0.15, -0.1) is 0 Å². The van der Waals surface area contributed by atoms with E-state index in [1.807, 2.05) is 0 Å². The van der Waals surface area contributed by atoms with E-state index in [4.69, 9.17) is 17.7 Å². The molecular weight excluding hydrogens is 365 g/mol. The molecule has 9 heteroatoms. The number of hydrogen-bond acceptors (Lipinski definition) is 4. The molecule has 1 unspecified atom stereocenters. The zero-order valence-electron chi connectivity index (χ0n) is 13.9. The van der Waals surface area contributed by atoms with Gasteiger partial charge in [0.25, 0.3) is 0 Å². The number of fused-ring (bicyclic) bond motifs is 5. The molecule has 4 nitrogen and oxygen atoms in total. The second-order valence-corrected chi connectivity index (χ2v) is 10.9. The van der Waals surface area contributed by atoms with Gasteiger partial charge in [0, 0.05) is 22.2 Å². The fraction of sp³-hybridized carbons (Fsp3) is 0.867. The first-order valence-corrected chi connectivity index (χ1v) is 10.6. The monoisotopic (exact) mass is 388 g/mol. The van der Waals surface area contributed by atoms with Crippen molar-refractivity contribution < 1.29 is 30.9 Å². The molecule has 2 aliphatic carbocycles. The highest BCUT2D eigenvalue weighted by atomic mass is 32.2. The third-order valence-corrected chi connectivity index (χ3v) is 9.07. The van der Waals surface area contributed by atoms with Crippen molar-refractivity contribution in [2.24, 2.45) is 16.7 Å². The molecule has 0 spiro atoms. The van der Waals surface area contributed by atoms with Crippen LogP contribution in [0.3, 0.4) is 0 Å². The lowest BCUT2D eigenvalue weighted by atomic mass is 9.70. The summed E-state index contributed by atoms with van der Waals surface area (Å²) in [4.78, 5) is 0. The van der Waals surface area contributed by atoms with Crippen molar-refractivity contribution in [3.63, 3.8) is 0 Å². The summed E-state index contributed by atoms with van der Waals surface area (Å²) in [5.74, 6) is 2.08. The number of halogens is 3. The van der Waals surface area contributed by atoms with E-state index in [1.54, 1.807) is 0 Å². The van der Waals surface area contributed by atoms with Crippen molar-refractivity contribution in [2.45, 2.75) is 50.5 Å². The molecule has 0 radical (unpaired) electrons. The number of hydrogen-bond donors (Lipinski definition) is 0. The van der Waals surface area contributed by atoms with Crippen LogP contribution in [0.15, 0.2) is 12.0 Å². The van der Waals surface area contributed by atoms with Crippen LogP contribution in [0.2, 0.25) is 0 Å². The Labute approximate surface area is 143 Å². The van der Waals surface area contributed by atoms with Crippen molar-refractivity contribution in [3.8, 4) is 0 Å². The molecule has 3 fully saturated rings. The third-order valence-electron chi connectivity index (χ3n) is 6.16. The molecule has 0 amide bonds. The van der Waals surface area contributed by atoms with E-state index in [-0.39, 0.29) is 0 Å². The topological polar surface area (TPSA) is 66.4 Å². The van der Waals surface area contributed by atoms with Crippen LogP contribution in [0, 0.1) is 16.7 Å². The standard InChI is InChI=1S/C14H23OS.CHF3O3S/c1-5-16-9-8-15-12-11(16)10-6-7-14(12,4)13(10,2)3;2-1(3,4)8(5,6)7/h5,10-12H,1,6-9H2,2-4H3;(H,5,6,7)/q+1;/p-1/t10-,11-,12-,14+,16?;/m1./s1. The number of rotatable bonds is 1. The summed E-state index contributed by atoms with van der Waals surface area (Å²) < 4.78 is 65.1. The van der Waals surface area contributed by atoms with E-state index in [1.165, 1.54) is 18.6 Å². The normalized spacial score (nSPS) is 40.5. The van der Waals surface area contributed by atoms with E-state index < -0.39 is 15.6 Å². The van der Waals surface area contributed by atoms with Gasteiger partial charge in [0.1, 0.15) is 17.3 Å². The lowest BCUT2D eigenvalue weighted by molar-refractivity contribution is -0.0517. The Bertz CT molecular complexity index is 602. The van der Waals surface area contributed by atoms with Gasteiger partial charge in [-0.05, 0) is 18.3 Å². The van der Waals surface area contributed by atoms with Crippen molar-refractivity contribution in [1.82, 2.24) is 0 Å². The van der Waals surface area contributed by atoms with Crippen molar-refractivity contribution in [3.05, 3.63) is 12.0 Å². The van der Waals surface area contributed by atoms with Crippen LogP contribution in [-0.4, -0.2) is 42.2 Å². The van der Waals surface area contributed by atoms with E-state index >= 15 is 0 Å². The molecule has 2 bridgehead atoms. The molecule has 3 aliphatic rings. The molecule has 1 saturated heterocycles. The fourth-order valence-corrected chi connectivity index (χ4v) is 7.01. The van der Waals surface area contributed by atoms with Gasteiger partial charge < -0.3 is 9.29 Å². The summed E-state index contributed by atoms with van der Waals surface area (Å²) in [6, 6.07) is 0. The average molecular weight is 388 g/mol. The Balaban J connectivity index is 0.000000224. The molecule has 0 aromatic rings. The second kappa shape index (κ2) is 6.17. The highest BCUT2D eigenvalue weighted by Crippen LogP contribution is 2.68. The molecule has 0 aromatic carbocycles. The minimum Gasteiger partial charge on any atom is -0.741 e. The van der Waals surface area contributed by atoms with Gasteiger partial charge in [-0.25, -0.2) is 8.42 Å². The molecule has 140 valence electrons. The van der Waals surface area contributed by atoms with Gasteiger partial charge in [0.15, 0.2) is 15.4 Å². The molecule has 24 heavy (non-hydrogen) atoms. The smallest absolute Gasteiger partial charge is 0.485 e. The predicted molar refractivity (Wildman–Crippen MR) is 86.3 cm³/mol. The zero-order valence-corrected chi connectivity index (χ0v) is 15.6. The number of ether oxygens (including phenoxy) is 1. The first-order valence-electron chi connectivity index (χ1n) is 7.72. The van der Waals surface area contributed by atoms with Crippen molar-refractivity contribution in [2.75, 3.05) is 12.4 Å². The minimum atomic E-state index is -6.09. The Morgan fingerprint density at radius 2 is 1.88 bits per heavy atom. The van der Waals surface area contributed by atoms with Crippen LogP contribution in [0.4, 0.5) is 13.2 Å². The van der Waals surface area contributed by atoms with E-state index in [0.717, 1.165) is 17.8 Å². The summed E-state index contributed by atoms with van der Waals surface area (Å²) in [5.41, 5.74) is -4.77. The van der Waals surface area contributed by atoms with Gasteiger partial charge in [-0.3, -0.25) is 0 Å². The van der Waals surface area contributed by atoms with Gasteiger partial charge in [0.2, 0.25) is 0 Å². The molecule has 2 saturated carbocycles. The molecular formula is C15H23F3O4S2. The Kier molecular flexibility index (Phi) is 5.16. The van der Waals surface area contributed by atoms with Crippen LogP contribution < -0.4 is 0 Å². The minimum absolute atomic E-state index is 0.410. The first kappa shape index (κ1) is 20.1. The summed E-state index contributed by atoms with van der Waals surface area (Å²) in [7, 11) is -5.68. The van der Waals surface area contributed by atoms with Gasteiger partial charge in [0.05, 0.1) is 6.61 Å². The lowest BCUT2D eigenvalue weighted by Gasteiger charge is -2.40. The maximum absolute atomic E-state index is 10.7. The van der Waals surface area contributed by atoms with Crippen molar-refractivity contribution >= 4 is 21.0 Å². The zero-order chi connectivity index (χ0) is 18.6. The molecule has 1 aliphatic heterocycles. The average Bonchev–Trinajstić information content (AvgIpc) is 2.77. The van der Waals surface area contributed by atoms with Crippen LogP contribution in [0.5, 0.6) is 0 Å². The quantitative estimate of drug-likeness (QED) is 0.393. The van der Waals surface area contributed by atoms with Crippen LogP contribution in [0.25, 0.3) is 0 Å². The maximum Gasteiger partial charge on any atom is 0.485 e. The number of alkyl halides is 3. The van der Waals surface area contributed by atoms with Crippen molar-refractivity contribution in [1.29, 1.82) is 0 Å². The Morgan fingerprint density at radius 1 is 1.33 bits per heavy atom. The summed E-state index contributed by atoms with van der Waals surface area (Å²) >= 11 is 0. The predicted octanol–water partition coefficient (Wildman–Crippen LogP) is 3.02. The molecule has 1 heterocycles. The summed E-state index contributed by atoms with van der Waals surface area (Å²) in [5, 5.41) is 3.00. The summed E-state index contributed by atoms with van der Waals surface area (Å²) in [6.45, 7) is 12.4. The first-order chi connectivity index (χ1) is 10.8. The van der Waals surface area contributed by atoms with E-state index in [2.05, 4.69) is 32.8 Å². The molecule has 0 aromatic heterocycles. The molecule has 5 atom stereocenters. The van der Waals surface area contributed by atoms with E-state index in [0.29, 0.717) is 27.8 Å². The van der Waals surface area contributed by atoms with Crippen LogP contribution >= 0.6 is 0 Å². The highest BCUT2D eigenvalue weighted by Gasteiger charge is 2.72. The van der Waals surface area contributed by atoms with Gasteiger partial charge >= 0.3 is 5.51 Å².